The van der Waals surface area contributed by atoms with Crippen molar-refractivity contribution in [3.8, 4) is 0 Å². The fourth-order valence-corrected chi connectivity index (χ4v) is 3.71. The smallest absolute Gasteiger partial charge is 0.222 e. The van der Waals surface area contributed by atoms with Gasteiger partial charge in [-0.25, -0.2) is 13.1 Å². The fourth-order valence-electron chi connectivity index (χ4n) is 2.91. The summed E-state index contributed by atoms with van der Waals surface area (Å²) < 4.78 is 25.2. The molecular formula is C14H29N3O3S. The molecule has 2 atom stereocenters. The van der Waals surface area contributed by atoms with E-state index in [-0.39, 0.29) is 17.9 Å². The lowest BCUT2D eigenvalue weighted by atomic mass is 9.93. The second-order valence-electron chi connectivity index (χ2n) is 6.50. The summed E-state index contributed by atoms with van der Waals surface area (Å²) in [5, 5.41) is 0. The number of nitrogens with one attached hydrogen (secondary N) is 1. The van der Waals surface area contributed by atoms with Crippen LogP contribution in [0.25, 0.3) is 0 Å². The van der Waals surface area contributed by atoms with Crippen LogP contribution in [0.15, 0.2) is 0 Å². The SMILES string of the molecule is CC(C)CC(CN)CC(=O)N1CCCC(NS(C)(=O)=O)C1. The number of nitrogens with zero attached hydrogens (tertiary/aromatic N) is 1. The average Bonchev–Trinajstić information content (AvgIpc) is 2.35. The highest BCUT2D eigenvalue weighted by Gasteiger charge is 2.26. The Hall–Kier alpha value is -0.660. The van der Waals surface area contributed by atoms with Gasteiger partial charge in [-0.05, 0) is 37.6 Å². The molecule has 21 heavy (non-hydrogen) atoms. The van der Waals surface area contributed by atoms with Crippen LogP contribution in [0, 0.1) is 11.8 Å². The Morgan fingerprint density at radius 1 is 1.43 bits per heavy atom. The number of sulfonamides is 1. The standard InChI is InChI=1S/C14H29N3O3S/c1-11(2)7-12(9-15)8-14(18)17-6-4-5-13(10-17)16-21(3,19)20/h11-13,16H,4-10,15H2,1-3H3. The van der Waals surface area contributed by atoms with Crippen LogP contribution in [0.4, 0.5) is 0 Å². The van der Waals surface area contributed by atoms with Crippen LogP contribution in [0.1, 0.15) is 39.5 Å². The van der Waals surface area contributed by atoms with E-state index in [0.717, 1.165) is 25.5 Å². The van der Waals surface area contributed by atoms with Crippen molar-refractivity contribution in [2.24, 2.45) is 17.6 Å². The first-order valence-electron chi connectivity index (χ1n) is 7.66. The van der Waals surface area contributed by atoms with Crippen LogP contribution in [0.2, 0.25) is 0 Å². The molecule has 1 saturated heterocycles. The number of carbonyl (C=O) groups excluding carboxylic acids is 1. The summed E-state index contributed by atoms with van der Waals surface area (Å²) >= 11 is 0. The first kappa shape index (κ1) is 18.4. The van der Waals surface area contributed by atoms with E-state index < -0.39 is 10.0 Å². The number of nitrogens with two attached hydrogens (primary N) is 1. The molecule has 1 amide bonds. The normalized spacial score (nSPS) is 21.6. The largest absolute Gasteiger partial charge is 0.341 e. The van der Waals surface area contributed by atoms with Gasteiger partial charge in [0.1, 0.15) is 0 Å². The van der Waals surface area contributed by atoms with Gasteiger partial charge in [-0.1, -0.05) is 13.8 Å². The predicted octanol–water partition coefficient (Wildman–Crippen LogP) is 0.538. The Morgan fingerprint density at radius 2 is 2.10 bits per heavy atom. The lowest BCUT2D eigenvalue weighted by Gasteiger charge is -2.33. The van der Waals surface area contributed by atoms with Gasteiger partial charge in [-0.15, -0.1) is 0 Å². The molecule has 0 spiro atoms. The van der Waals surface area contributed by atoms with E-state index in [1.165, 1.54) is 0 Å². The second-order valence-corrected chi connectivity index (χ2v) is 8.28. The minimum absolute atomic E-state index is 0.0890. The van der Waals surface area contributed by atoms with Crippen LogP contribution in [0.3, 0.4) is 0 Å². The summed E-state index contributed by atoms with van der Waals surface area (Å²) in [7, 11) is -3.22. The summed E-state index contributed by atoms with van der Waals surface area (Å²) in [5.41, 5.74) is 5.75. The number of hydrogen-bond acceptors (Lipinski definition) is 4. The quantitative estimate of drug-likeness (QED) is 0.716. The number of amides is 1. The van der Waals surface area contributed by atoms with E-state index in [4.69, 9.17) is 5.73 Å². The van der Waals surface area contributed by atoms with Crippen LogP contribution in [-0.4, -0.2) is 51.2 Å². The molecule has 0 bridgehead atoms. The van der Waals surface area contributed by atoms with Gasteiger partial charge in [0.05, 0.1) is 6.26 Å². The average molecular weight is 319 g/mol. The van der Waals surface area contributed by atoms with E-state index in [9.17, 15) is 13.2 Å². The van der Waals surface area contributed by atoms with Crippen molar-refractivity contribution in [2.75, 3.05) is 25.9 Å². The molecule has 1 aliphatic heterocycles. The van der Waals surface area contributed by atoms with E-state index in [0.29, 0.717) is 32.0 Å². The van der Waals surface area contributed by atoms with Gasteiger partial charge in [0.15, 0.2) is 0 Å². The van der Waals surface area contributed by atoms with Gasteiger partial charge in [0, 0.05) is 25.6 Å². The number of likely N-dealkylation sites (tertiary alicyclic amines) is 1. The first-order valence-corrected chi connectivity index (χ1v) is 9.55. The van der Waals surface area contributed by atoms with E-state index in [1.807, 2.05) is 0 Å². The third kappa shape index (κ3) is 7.24. The van der Waals surface area contributed by atoms with E-state index in [1.54, 1.807) is 4.90 Å². The fraction of sp³-hybridized carbons (Fsp3) is 0.929. The highest BCUT2D eigenvalue weighted by Crippen LogP contribution is 2.18. The molecule has 124 valence electrons. The summed E-state index contributed by atoms with van der Waals surface area (Å²) in [6, 6.07) is -0.167. The lowest BCUT2D eigenvalue weighted by molar-refractivity contribution is -0.133. The molecule has 0 aromatic carbocycles. The van der Waals surface area contributed by atoms with Crippen molar-refractivity contribution < 1.29 is 13.2 Å². The third-order valence-electron chi connectivity index (χ3n) is 3.76. The van der Waals surface area contributed by atoms with Crippen LogP contribution in [-0.2, 0) is 14.8 Å². The molecule has 1 heterocycles. The first-order chi connectivity index (χ1) is 9.71. The maximum Gasteiger partial charge on any atom is 0.222 e. The Bertz CT molecular complexity index is 437. The summed E-state index contributed by atoms with van der Waals surface area (Å²) in [6.45, 7) is 5.94. The van der Waals surface area contributed by atoms with Gasteiger partial charge >= 0.3 is 0 Å². The Labute approximate surface area is 128 Å². The topological polar surface area (TPSA) is 92.5 Å². The predicted molar refractivity (Wildman–Crippen MR) is 84.2 cm³/mol. The summed E-state index contributed by atoms with van der Waals surface area (Å²) in [4.78, 5) is 14.1. The van der Waals surface area contributed by atoms with Gasteiger partial charge in [0.25, 0.3) is 0 Å². The summed E-state index contributed by atoms with van der Waals surface area (Å²) in [5.74, 6) is 0.819. The van der Waals surface area contributed by atoms with Gasteiger partial charge in [-0.3, -0.25) is 4.79 Å². The highest BCUT2D eigenvalue weighted by atomic mass is 32.2. The van der Waals surface area contributed by atoms with Crippen molar-refractivity contribution in [1.82, 2.24) is 9.62 Å². The molecule has 0 aliphatic carbocycles. The van der Waals surface area contributed by atoms with Crippen molar-refractivity contribution >= 4 is 15.9 Å². The van der Waals surface area contributed by atoms with Crippen LogP contribution in [0.5, 0.6) is 0 Å². The zero-order valence-corrected chi connectivity index (χ0v) is 14.2. The maximum atomic E-state index is 12.4. The molecule has 1 rings (SSSR count). The summed E-state index contributed by atoms with van der Waals surface area (Å²) in [6.07, 6.45) is 4.17. The Balaban J connectivity index is 2.53. The highest BCUT2D eigenvalue weighted by molar-refractivity contribution is 7.88. The lowest BCUT2D eigenvalue weighted by Crippen LogP contribution is -2.49. The zero-order valence-electron chi connectivity index (χ0n) is 13.3. The second kappa shape index (κ2) is 8.10. The molecule has 1 fully saturated rings. The monoisotopic (exact) mass is 319 g/mol. The Morgan fingerprint density at radius 3 is 2.62 bits per heavy atom. The number of rotatable bonds is 7. The number of carbonyl (C=O) groups is 1. The van der Waals surface area contributed by atoms with Gasteiger partial charge in [0.2, 0.25) is 15.9 Å². The molecule has 1 aliphatic rings. The molecule has 0 saturated carbocycles. The van der Waals surface area contributed by atoms with Crippen molar-refractivity contribution in [3.05, 3.63) is 0 Å². The molecule has 6 nitrogen and oxygen atoms in total. The minimum Gasteiger partial charge on any atom is -0.341 e. The van der Waals surface area contributed by atoms with Gasteiger partial charge in [-0.2, -0.15) is 0 Å². The number of hydrogen-bond donors (Lipinski definition) is 2. The minimum atomic E-state index is -3.22. The van der Waals surface area contributed by atoms with Gasteiger partial charge < -0.3 is 10.6 Å². The molecule has 0 aromatic rings. The molecule has 2 unspecified atom stereocenters. The van der Waals surface area contributed by atoms with Crippen LogP contribution >= 0.6 is 0 Å². The van der Waals surface area contributed by atoms with Crippen LogP contribution < -0.4 is 10.5 Å². The molecule has 3 N–H and O–H groups in total. The van der Waals surface area contributed by atoms with E-state index >= 15 is 0 Å². The van der Waals surface area contributed by atoms with E-state index in [2.05, 4.69) is 18.6 Å². The van der Waals surface area contributed by atoms with Crippen molar-refractivity contribution in [3.63, 3.8) is 0 Å². The Kier molecular flexibility index (Phi) is 7.09. The number of piperidine rings is 1. The molecular weight excluding hydrogens is 290 g/mol. The molecule has 0 radical (unpaired) electrons. The third-order valence-corrected chi connectivity index (χ3v) is 4.52. The zero-order chi connectivity index (χ0) is 16.0. The molecule has 7 heteroatoms. The maximum absolute atomic E-state index is 12.4. The van der Waals surface area contributed by atoms with Crippen molar-refractivity contribution in [2.45, 2.75) is 45.6 Å². The molecule has 0 aromatic heterocycles. The van der Waals surface area contributed by atoms with Crippen molar-refractivity contribution in [1.29, 1.82) is 0 Å².